The Bertz CT molecular complexity index is 325. The lowest BCUT2D eigenvalue weighted by molar-refractivity contribution is -0.139. The number of carboxylic acid groups (broad SMARTS) is 1. The Labute approximate surface area is 105 Å². The predicted octanol–water partition coefficient (Wildman–Crippen LogP) is 0.198. The SMILES string of the molecule is COC(=O)NC(=O)CN(CC(=O)O)C1CCCC1. The van der Waals surface area contributed by atoms with Crippen LogP contribution in [0.5, 0.6) is 0 Å². The van der Waals surface area contributed by atoms with Crippen molar-refractivity contribution in [3.8, 4) is 0 Å². The zero-order valence-corrected chi connectivity index (χ0v) is 10.3. The summed E-state index contributed by atoms with van der Waals surface area (Å²) < 4.78 is 4.30. The number of aliphatic carboxylic acids is 1. The molecule has 0 saturated heterocycles. The molecule has 1 saturated carbocycles. The number of amides is 2. The number of carbonyl (C=O) groups excluding carboxylic acids is 2. The number of rotatable bonds is 5. The first-order valence-electron chi connectivity index (χ1n) is 5.86. The third kappa shape index (κ3) is 4.70. The third-order valence-electron chi connectivity index (χ3n) is 2.95. The van der Waals surface area contributed by atoms with Crippen molar-refractivity contribution < 1.29 is 24.2 Å². The third-order valence-corrected chi connectivity index (χ3v) is 2.95. The van der Waals surface area contributed by atoms with Gasteiger partial charge >= 0.3 is 12.1 Å². The molecule has 0 atom stereocenters. The van der Waals surface area contributed by atoms with E-state index in [1.807, 2.05) is 5.32 Å². The predicted molar refractivity (Wildman–Crippen MR) is 62.0 cm³/mol. The fraction of sp³-hybridized carbons (Fsp3) is 0.727. The first-order valence-corrected chi connectivity index (χ1v) is 5.86. The Kier molecular flexibility index (Phi) is 5.57. The molecule has 2 N–H and O–H groups in total. The van der Waals surface area contributed by atoms with Crippen LogP contribution in [0.1, 0.15) is 25.7 Å². The lowest BCUT2D eigenvalue weighted by Gasteiger charge is -2.25. The molecule has 0 aromatic heterocycles. The maximum absolute atomic E-state index is 11.5. The number of carboxylic acids is 1. The first kappa shape index (κ1) is 14.4. The average molecular weight is 258 g/mol. The highest BCUT2D eigenvalue weighted by atomic mass is 16.5. The standard InChI is InChI=1S/C11H18N2O5/c1-18-11(17)12-9(14)6-13(7-10(15)16)8-4-2-3-5-8/h8H,2-7H2,1H3,(H,15,16)(H,12,14,17). The Balaban J connectivity index is 2.51. The highest BCUT2D eigenvalue weighted by molar-refractivity contribution is 5.93. The summed E-state index contributed by atoms with van der Waals surface area (Å²) in [7, 11) is 1.16. The van der Waals surface area contributed by atoms with E-state index in [2.05, 4.69) is 4.74 Å². The topological polar surface area (TPSA) is 95.9 Å². The summed E-state index contributed by atoms with van der Waals surface area (Å²) in [6, 6.07) is 0.101. The number of imide groups is 1. The minimum Gasteiger partial charge on any atom is -0.480 e. The smallest absolute Gasteiger partial charge is 0.413 e. The summed E-state index contributed by atoms with van der Waals surface area (Å²) >= 11 is 0. The number of hydrogen-bond donors (Lipinski definition) is 2. The number of hydrogen-bond acceptors (Lipinski definition) is 5. The Morgan fingerprint density at radius 2 is 1.89 bits per heavy atom. The van der Waals surface area contributed by atoms with E-state index < -0.39 is 18.0 Å². The quantitative estimate of drug-likeness (QED) is 0.731. The second kappa shape index (κ2) is 6.95. The molecule has 0 bridgehead atoms. The summed E-state index contributed by atoms with van der Waals surface area (Å²) in [6.45, 7) is -0.300. The maximum Gasteiger partial charge on any atom is 0.413 e. The van der Waals surface area contributed by atoms with Gasteiger partial charge in [0.2, 0.25) is 5.91 Å². The minimum absolute atomic E-state index is 0.101. The number of alkyl carbamates (subject to hydrolysis) is 1. The van der Waals surface area contributed by atoms with Crippen LogP contribution in [0.2, 0.25) is 0 Å². The summed E-state index contributed by atoms with van der Waals surface area (Å²) in [5, 5.41) is 10.8. The van der Waals surface area contributed by atoms with E-state index in [4.69, 9.17) is 5.11 Å². The van der Waals surface area contributed by atoms with Crippen molar-refractivity contribution in [1.82, 2.24) is 10.2 Å². The first-order chi connectivity index (χ1) is 8.52. The minimum atomic E-state index is -0.979. The molecule has 18 heavy (non-hydrogen) atoms. The number of ether oxygens (including phenoxy) is 1. The normalized spacial score (nSPS) is 15.7. The van der Waals surface area contributed by atoms with Gasteiger partial charge in [0.05, 0.1) is 20.2 Å². The van der Waals surface area contributed by atoms with Crippen molar-refractivity contribution in [3.63, 3.8) is 0 Å². The van der Waals surface area contributed by atoms with Crippen LogP contribution >= 0.6 is 0 Å². The van der Waals surface area contributed by atoms with Gasteiger partial charge in [0.15, 0.2) is 0 Å². The molecule has 0 radical (unpaired) electrons. The van der Waals surface area contributed by atoms with Crippen LogP contribution in [0.25, 0.3) is 0 Å². The molecule has 2 amide bonds. The fourth-order valence-corrected chi connectivity index (χ4v) is 2.15. The van der Waals surface area contributed by atoms with Crippen molar-refractivity contribution in [2.75, 3.05) is 20.2 Å². The van der Waals surface area contributed by atoms with Crippen molar-refractivity contribution in [2.24, 2.45) is 0 Å². The van der Waals surface area contributed by atoms with E-state index in [9.17, 15) is 14.4 Å². The van der Waals surface area contributed by atoms with E-state index in [0.717, 1.165) is 32.8 Å². The Morgan fingerprint density at radius 1 is 1.28 bits per heavy atom. The Hall–Kier alpha value is -1.63. The molecule has 1 aliphatic carbocycles. The Morgan fingerprint density at radius 3 is 2.39 bits per heavy atom. The summed E-state index contributed by atoms with van der Waals surface area (Å²) in [4.78, 5) is 34.7. The molecular weight excluding hydrogens is 240 g/mol. The van der Waals surface area contributed by atoms with Crippen LogP contribution in [0, 0.1) is 0 Å². The molecule has 7 nitrogen and oxygen atoms in total. The van der Waals surface area contributed by atoms with Gasteiger partial charge in [-0.3, -0.25) is 19.8 Å². The van der Waals surface area contributed by atoms with E-state index in [-0.39, 0.29) is 19.1 Å². The molecule has 0 aromatic carbocycles. The fourth-order valence-electron chi connectivity index (χ4n) is 2.15. The molecule has 0 aliphatic heterocycles. The van der Waals surface area contributed by atoms with Gasteiger partial charge in [-0.2, -0.15) is 0 Å². The van der Waals surface area contributed by atoms with Crippen LogP contribution < -0.4 is 5.32 Å². The zero-order valence-electron chi connectivity index (χ0n) is 10.3. The van der Waals surface area contributed by atoms with Crippen LogP contribution in [0.15, 0.2) is 0 Å². The van der Waals surface area contributed by atoms with Gasteiger partial charge < -0.3 is 9.84 Å². The van der Waals surface area contributed by atoms with Gasteiger partial charge in [-0.1, -0.05) is 12.8 Å². The number of nitrogens with one attached hydrogen (secondary N) is 1. The summed E-state index contributed by atoms with van der Waals surface area (Å²) in [6.07, 6.45) is 3.03. The van der Waals surface area contributed by atoms with Crippen LogP contribution in [0.3, 0.4) is 0 Å². The average Bonchev–Trinajstić information content (AvgIpc) is 2.80. The van der Waals surface area contributed by atoms with E-state index in [1.165, 1.54) is 0 Å². The molecule has 1 aliphatic rings. The van der Waals surface area contributed by atoms with Gasteiger partial charge in [0.25, 0.3) is 0 Å². The van der Waals surface area contributed by atoms with Gasteiger partial charge in [-0.15, -0.1) is 0 Å². The summed E-state index contributed by atoms with van der Waals surface area (Å²) in [5.74, 6) is -1.53. The molecule has 0 spiro atoms. The lowest BCUT2D eigenvalue weighted by atomic mass is 10.2. The monoisotopic (exact) mass is 258 g/mol. The summed E-state index contributed by atoms with van der Waals surface area (Å²) in [5.41, 5.74) is 0. The molecule has 0 unspecified atom stereocenters. The zero-order chi connectivity index (χ0) is 13.5. The molecular formula is C11H18N2O5. The molecule has 0 aromatic rings. The number of carbonyl (C=O) groups is 3. The molecule has 102 valence electrons. The highest BCUT2D eigenvalue weighted by Crippen LogP contribution is 2.22. The van der Waals surface area contributed by atoms with E-state index >= 15 is 0 Å². The van der Waals surface area contributed by atoms with E-state index in [0.29, 0.717) is 0 Å². The van der Waals surface area contributed by atoms with E-state index in [1.54, 1.807) is 4.90 Å². The highest BCUT2D eigenvalue weighted by Gasteiger charge is 2.26. The number of nitrogens with zero attached hydrogens (tertiary/aromatic N) is 1. The molecule has 0 heterocycles. The van der Waals surface area contributed by atoms with Crippen molar-refractivity contribution in [1.29, 1.82) is 0 Å². The largest absolute Gasteiger partial charge is 0.480 e. The van der Waals surface area contributed by atoms with Crippen molar-refractivity contribution in [2.45, 2.75) is 31.7 Å². The van der Waals surface area contributed by atoms with Crippen LogP contribution in [-0.2, 0) is 14.3 Å². The molecule has 1 fully saturated rings. The van der Waals surface area contributed by atoms with Gasteiger partial charge in [0.1, 0.15) is 0 Å². The molecule has 7 heteroatoms. The van der Waals surface area contributed by atoms with Crippen molar-refractivity contribution >= 4 is 18.0 Å². The van der Waals surface area contributed by atoms with Crippen LogP contribution in [-0.4, -0.2) is 54.2 Å². The van der Waals surface area contributed by atoms with Crippen molar-refractivity contribution in [3.05, 3.63) is 0 Å². The molecule has 1 rings (SSSR count). The second-order valence-electron chi connectivity index (χ2n) is 4.28. The lowest BCUT2D eigenvalue weighted by Crippen LogP contribution is -2.45. The number of methoxy groups -OCH3 is 1. The maximum atomic E-state index is 11.5. The van der Waals surface area contributed by atoms with Crippen LogP contribution in [0.4, 0.5) is 4.79 Å². The van der Waals surface area contributed by atoms with Gasteiger partial charge in [-0.05, 0) is 12.8 Å². The van der Waals surface area contributed by atoms with Gasteiger partial charge in [-0.25, -0.2) is 4.79 Å². The second-order valence-corrected chi connectivity index (χ2v) is 4.28. The van der Waals surface area contributed by atoms with Gasteiger partial charge in [0, 0.05) is 6.04 Å².